The average Bonchev–Trinajstić information content (AvgIpc) is 2.63. The Hall–Kier alpha value is -1.89. The monoisotopic (exact) mass is 361 g/mol. The molecule has 1 aliphatic rings. The second-order valence-electron chi connectivity index (χ2n) is 6.38. The van der Waals surface area contributed by atoms with Crippen molar-refractivity contribution in [3.8, 4) is 5.75 Å². The fourth-order valence-corrected chi connectivity index (χ4v) is 4.52. The molecule has 1 saturated heterocycles. The van der Waals surface area contributed by atoms with Gasteiger partial charge in [0.1, 0.15) is 18.9 Å². The first-order valence-corrected chi connectivity index (χ1v) is 10.1. The Morgan fingerprint density at radius 1 is 1.04 bits per heavy atom. The Labute approximate surface area is 149 Å². The maximum atomic E-state index is 12.6. The molecule has 1 fully saturated rings. The van der Waals surface area contributed by atoms with Gasteiger partial charge in [0.2, 0.25) is 10.0 Å². The molecule has 0 aromatic heterocycles. The molecule has 0 bridgehead atoms. The highest BCUT2D eigenvalue weighted by molar-refractivity contribution is 7.89. The minimum atomic E-state index is -3.36. The van der Waals surface area contributed by atoms with E-state index in [9.17, 15) is 8.42 Å². The first-order valence-electron chi connectivity index (χ1n) is 8.64. The number of nitrogens with zero attached hydrogens (tertiary/aromatic N) is 1. The standard InChI is InChI=1S/C19H24N2O3S/c1-17-6-5-7-18(16-17)24-15-14-20-10-12-21(13-11-20)25(22,23)19-8-3-2-4-9-19/h2-9,16H,10-15H2,1H3/p+1. The third-order valence-corrected chi connectivity index (χ3v) is 6.44. The van der Waals surface area contributed by atoms with Crippen molar-refractivity contribution in [1.29, 1.82) is 0 Å². The van der Waals surface area contributed by atoms with Crippen LogP contribution in [0.1, 0.15) is 5.56 Å². The summed E-state index contributed by atoms with van der Waals surface area (Å²) >= 11 is 0. The van der Waals surface area contributed by atoms with E-state index in [0.29, 0.717) is 24.6 Å². The normalized spacial score (nSPS) is 16.7. The van der Waals surface area contributed by atoms with Crippen LogP contribution in [-0.4, -0.2) is 52.1 Å². The molecule has 0 amide bonds. The quantitative estimate of drug-likeness (QED) is 0.834. The first kappa shape index (κ1) is 17.9. The van der Waals surface area contributed by atoms with E-state index in [-0.39, 0.29) is 0 Å². The highest BCUT2D eigenvalue weighted by Crippen LogP contribution is 2.15. The molecule has 0 atom stereocenters. The summed E-state index contributed by atoms with van der Waals surface area (Å²) in [6.07, 6.45) is 0. The Balaban J connectivity index is 1.47. The van der Waals surface area contributed by atoms with Crippen LogP contribution >= 0.6 is 0 Å². The van der Waals surface area contributed by atoms with Crippen LogP contribution in [0, 0.1) is 6.92 Å². The van der Waals surface area contributed by atoms with Gasteiger partial charge in [-0.05, 0) is 36.8 Å². The number of quaternary nitrogens is 1. The molecule has 2 aromatic carbocycles. The van der Waals surface area contributed by atoms with Crippen LogP contribution in [0.3, 0.4) is 0 Å². The van der Waals surface area contributed by atoms with Gasteiger partial charge in [0, 0.05) is 0 Å². The van der Waals surface area contributed by atoms with Gasteiger partial charge in [0.15, 0.2) is 0 Å². The highest BCUT2D eigenvalue weighted by atomic mass is 32.2. The summed E-state index contributed by atoms with van der Waals surface area (Å²) in [4.78, 5) is 1.76. The lowest BCUT2D eigenvalue weighted by atomic mass is 10.2. The molecule has 25 heavy (non-hydrogen) atoms. The van der Waals surface area contributed by atoms with Crippen molar-refractivity contribution < 1.29 is 18.1 Å². The van der Waals surface area contributed by atoms with E-state index in [1.165, 1.54) is 10.5 Å². The molecule has 1 N–H and O–H groups in total. The van der Waals surface area contributed by atoms with E-state index in [4.69, 9.17) is 4.74 Å². The molecule has 3 rings (SSSR count). The van der Waals surface area contributed by atoms with E-state index in [2.05, 4.69) is 0 Å². The van der Waals surface area contributed by atoms with Crippen LogP contribution in [0.5, 0.6) is 5.75 Å². The van der Waals surface area contributed by atoms with Gasteiger partial charge in [-0.3, -0.25) is 0 Å². The molecule has 2 aromatic rings. The average molecular weight is 361 g/mol. The van der Waals surface area contributed by atoms with Crippen molar-refractivity contribution >= 4 is 10.0 Å². The minimum absolute atomic E-state index is 0.376. The van der Waals surface area contributed by atoms with Crippen molar-refractivity contribution in [3.05, 3.63) is 60.2 Å². The second kappa shape index (κ2) is 7.99. The molecule has 0 saturated carbocycles. The molecule has 134 valence electrons. The van der Waals surface area contributed by atoms with Gasteiger partial charge in [-0.15, -0.1) is 0 Å². The van der Waals surface area contributed by atoms with Gasteiger partial charge < -0.3 is 9.64 Å². The zero-order chi connectivity index (χ0) is 17.7. The Morgan fingerprint density at radius 2 is 1.76 bits per heavy atom. The van der Waals surface area contributed by atoms with Gasteiger partial charge in [-0.1, -0.05) is 30.3 Å². The molecule has 5 nitrogen and oxygen atoms in total. The van der Waals surface area contributed by atoms with Crippen LogP contribution in [0.15, 0.2) is 59.5 Å². The van der Waals surface area contributed by atoms with E-state index >= 15 is 0 Å². The van der Waals surface area contributed by atoms with E-state index < -0.39 is 10.0 Å². The predicted octanol–water partition coefficient (Wildman–Crippen LogP) is 0.963. The number of hydrogen-bond acceptors (Lipinski definition) is 3. The van der Waals surface area contributed by atoms with Crippen molar-refractivity contribution in [2.24, 2.45) is 0 Å². The van der Waals surface area contributed by atoms with Crippen LogP contribution in [0.2, 0.25) is 0 Å². The highest BCUT2D eigenvalue weighted by Gasteiger charge is 2.30. The van der Waals surface area contributed by atoms with Crippen molar-refractivity contribution in [3.63, 3.8) is 0 Å². The summed E-state index contributed by atoms with van der Waals surface area (Å²) in [5.74, 6) is 0.893. The fraction of sp³-hybridized carbons (Fsp3) is 0.368. The maximum Gasteiger partial charge on any atom is 0.243 e. The summed E-state index contributed by atoms with van der Waals surface area (Å²) in [6, 6.07) is 16.7. The first-order chi connectivity index (χ1) is 12.1. The number of nitrogens with one attached hydrogen (secondary N) is 1. The zero-order valence-electron chi connectivity index (χ0n) is 14.5. The van der Waals surface area contributed by atoms with Gasteiger partial charge in [-0.2, -0.15) is 4.31 Å². The number of rotatable bonds is 6. The Bertz CT molecular complexity index is 785. The summed E-state index contributed by atoms with van der Waals surface area (Å²) in [5.41, 5.74) is 1.18. The van der Waals surface area contributed by atoms with E-state index in [1.807, 2.05) is 37.3 Å². The summed E-state index contributed by atoms with van der Waals surface area (Å²) in [7, 11) is -3.36. The maximum absolute atomic E-state index is 12.6. The number of piperazine rings is 1. The van der Waals surface area contributed by atoms with Crippen molar-refractivity contribution in [2.45, 2.75) is 11.8 Å². The Morgan fingerprint density at radius 3 is 2.44 bits per heavy atom. The van der Waals surface area contributed by atoms with Crippen molar-refractivity contribution in [1.82, 2.24) is 4.31 Å². The lowest BCUT2D eigenvalue weighted by molar-refractivity contribution is -0.903. The number of ether oxygens (including phenoxy) is 1. The molecule has 6 heteroatoms. The van der Waals surface area contributed by atoms with Gasteiger partial charge >= 0.3 is 0 Å². The van der Waals surface area contributed by atoms with E-state index in [1.54, 1.807) is 28.6 Å². The van der Waals surface area contributed by atoms with Gasteiger partial charge in [0.25, 0.3) is 0 Å². The molecule has 1 heterocycles. The van der Waals surface area contributed by atoms with Gasteiger partial charge in [0.05, 0.1) is 31.1 Å². The molecular weight excluding hydrogens is 336 g/mol. The predicted molar refractivity (Wildman–Crippen MR) is 97.4 cm³/mol. The molecule has 0 spiro atoms. The topological polar surface area (TPSA) is 51.1 Å². The number of benzene rings is 2. The lowest BCUT2D eigenvalue weighted by Gasteiger charge is -2.31. The molecule has 1 aliphatic heterocycles. The third kappa shape index (κ3) is 4.60. The van der Waals surface area contributed by atoms with Crippen LogP contribution in [-0.2, 0) is 10.0 Å². The molecule has 0 unspecified atom stereocenters. The van der Waals surface area contributed by atoms with Crippen LogP contribution in [0.25, 0.3) is 0 Å². The Kier molecular flexibility index (Phi) is 5.73. The zero-order valence-corrected chi connectivity index (χ0v) is 15.3. The molecular formula is C19H25N2O3S+. The lowest BCUT2D eigenvalue weighted by Crippen LogP contribution is -3.15. The summed E-state index contributed by atoms with van der Waals surface area (Å²) in [6.45, 7) is 6.29. The summed E-state index contributed by atoms with van der Waals surface area (Å²) in [5, 5.41) is 0. The minimum Gasteiger partial charge on any atom is -0.488 e. The largest absolute Gasteiger partial charge is 0.488 e. The number of aryl methyl sites for hydroxylation is 1. The van der Waals surface area contributed by atoms with E-state index in [0.717, 1.165) is 25.4 Å². The summed E-state index contributed by atoms with van der Waals surface area (Å²) < 4.78 is 32.6. The molecule has 0 radical (unpaired) electrons. The smallest absolute Gasteiger partial charge is 0.243 e. The fourth-order valence-electron chi connectivity index (χ4n) is 3.05. The van der Waals surface area contributed by atoms with Crippen LogP contribution in [0.4, 0.5) is 0 Å². The second-order valence-corrected chi connectivity index (χ2v) is 8.32. The number of sulfonamides is 1. The van der Waals surface area contributed by atoms with Gasteiger partial charge in [-0.25, -0.2) is 8.42 Å². The third-order valence-electron chi connectivity index (χ3n) is 4.52. The SMILES string of the molecule is Cc1cccc(OCC[NH+]2CCN(S(=O)(=O)c3ccccc3)CC2)c1. The van der Waals surface area contributed by atoms with Crippen molar-refractivity contribution in [2.75, 3.05) is 39.3 Å². The molecule has 0 aliphatic carbocycles. The van der Waals surface area contributed by atoms with Crippen LogP contribution < -0.4 is 9.64 Å². The number of hydrogen-bond donors (Lipinski definition) is 1.